The molecule has 196 valence electrons. The molecule has 0 spiro atoms. The minimum atomic E-state index is -3.75. The fraction of sp³-hybridized carbons (Fsp3) is 0.500. The number of hydrogen-bond acceptors (Lipinski definition) is 4. The molecule has 1 fully saturated rings. The highest BCUT2D eigenvalue weighted by molar-refractivity contribution is 7.92. The first-order chi connectivity index (χ1) is 17.0. The van der Waals surface area contributed by atoms with Crippen LogP contribution in [-0.2, 0) is 26.2 Å². The second kappa shape index (κ2) is 11.9. The van der Waals surface area contributed by atoms with Gasteiger partial charge in [0, 0.05) is 12.6 Å². The van der Waals surface area contributed by atoms with Crippen molar-refractivity contribution in [2.24, 2.45) is 0 Å². The molecule has 7 nitrogen and oxygen atoms in total. The van der Waals surface area contributed by atoms with Gasteiger partial charge in [-0.1, -0.05) is 67.3 Å². The number of amides is 2. The summed E-state index contributed by atoms with van der Waals surface area (Å²) < 4.78 is 26.8. The molecule has 1 atom stereocenters. The van der Waals surface area contributed by atoms with Crippen LogP contribution in [0.15, 0.2) is 42.5 Å². The molecule has 2 aromatic rings. The zero-order valence-electron chi connectivity index (χ0n) is 22.1. The maximum atomic E-state index is 13.8. The number of rotatable bonds is 9. The first kappa shape index (κ1) is 27.7. The summed E-state index contributed by atoms with van der Waals surface area (Å²) >= 11 is 0. The number of carbonyl (C=O) groups excluding carboxylic acids is 2. The quantitative estimate of drug-likeness (QED) is 0.543. The van der Waals surface area contributed by atoms with Crippen LogP contribution < -0.4 is 9.62 Å². The van der Waals surface area contributed by atoms with Gasteiger partial charge in [-0.25, -0.2) is 8.42 Å². The topological polar surface area (TPSA) is 86.8 Å². The van der Waals surface area contributed by atoms with E-state index in [0.717, 1.165) is 58.5 Å². The van der Waals surface area contributed by atoms with Gasteiger partial charge in [-0.15, -0.1) is 0 Å². The van der Waals surface area contributed by atoms with Crippen LogP contribution in [-0.4, -0.2) is 50.0 Å². The molecule has 2 aromatic carbocycles. The highest BCUT2D eigenvalue weighted by Gasteiger charge is 2.32. The van der Waals surface area contributed by atoms with E-state index in [9.17, 15) is 18.0 Å². The van der Waals surface area contributed by atoms with Gasteiger partial charge in [0.25, 0.3) is 0 Å². The van der Waals surface area contributed by atoms with E-state index in [1.165, 1.54) is 11.3 Å². The van der Waals surface area contributed by atoms with Gasteiger partial charge in [0.2, 0.25) is 21.8 Å². The molecule has 0 heterocycles. The van der Waals surface area contributed by atoms with Gasteiger partial charge in [-0.2, -0.15) is 0 Å². The SMILES string of the molecule is Cc1cccc(CN(C(=O)CN(c2c(C)cccc2C)S(C)(=O)=O)[C@H](C)C(=O)NC2CCCCC2)c1. The van der Waals surface area contributed by atoms with Crippen molar-refractivity contribution in [3.63, 3.8) is 0 Å². The normalized spacial score (nSPS) is 15.2. The Morgan fingerprint density at radius 3 is 2.19 bits per heavy atom. The van der Waals surface area contributed by atoms with Crippen molar-refractivity contribution in [1.82, 2.24) is 10.2 Å². The van der Waals surface area contributed by atoms with Crippen molar-refractivity contribution in [2.45, 2.75) is 78.4 Å². The van der Waals surface area contributed by atoms with E-state index in [1.807, 2.05) is 63.2 Å². The lowest BCUT2D eigenvalue weighted by Gasteiger charge is -2.33. The summed E-state index contributed by atoms with van der Waals surface area (Å²) in [4.78, 5) is 28.5. The molecule has 1 N–H and O–H groups in total. The van der Waals surface area contributed by atoms with Crippen LogP contribution in [0, 0.1) is 20.8 Å². The van der Waals surface area contributed by atoms with Crippen LogP contribution in [0.4, 0.5) is 5.69 Å². The summed E-state index contributed by atoms with van der Waals surface area (Å²) in [6.45, 7) is 7.18. The van der Waals surface area contributed by atoms with Gasteiger partial charge in [-0.3, -0.25) is 13.9 Å². The molecule has 36 heavy (non-hydrogen) atoms. The van der Waals surface area contributed by atoms with Crippen LogP contribution in [0.5, 0.6) is 0 Å². The second-order valence-electron chi connectivity index (χ2n) is 10.0. The summed E-state index contributed by atoms with van der Waals surface area (Å²) in [6.07, 6.45) is 6.35. The van der Waals surface area contributed by atoms with Gasteiger partial charge >= 0.3 is 0 Å². The van der Waals surface area contributed by atoms with E-state index in [-0.39, 0.29) is 25.0 Å². The summed E-state index contributed by atoms with van der Waals surface area (Å²) in [5.74, 6) is -0.628. The Bertz CT molecular complexity index is 1170. The Kier molecular flexibility index (Phi) is 9.17. The van der Waals surface area contributed by atoms with E-state index in [1.54, 1.807) is 6.92 Å². The molecule has 8 heteroatoms. The van der Waals surface area contributed by atoms with Crippen LogP contribution in [0.3, 0.4) is 0 Å². The summed E-state index contributed by atoms with van der Waals surface area (Å²) in [5, 5.41) is 3.12. The molecular weight excluding hydrogens is 474 g/mol. The number of nitrogens with zero attached hydrogens (tertiary/aromatic N) is 2. The van der Waals surface area contributed by atoms with Gasteiger partial charge in [-0.05, 0) is 57.2 Å². The zero-order valence-corrected chi connectivity index (χ0v) is 22.9. The smallest absolute Gasteiger partial charge is 0.244 e. The molecular formula is C28H39N3O4S. The van der Waals surface area contributed by atoms with Crippen molar-refractivity contribution in [1.29, 1.82) is 0 Å². The molecule has 0 saturated heterocycles. The third-order valence-electron chi connectivity index (χ3n) is 6.92. The summed E-state index contributed by atoms with van der Waals surface area (Å²) in [5.41, 5.74) is 3.97. The number of anilines is 1. The first-order valence-electron chi connectivity index (χ1n) is 12.7. The molecule has 3 rings (SSSR count). The number of para-hydroxylation sites is 1. The number of aryl methyl sites for hydroxylation is 3. The summed E-state index contributed by atoms with van der Waals surface area (Å²) in [7, 11) is -3.75. The molecule has 2 amide bonds. The fourth-order valence-corrected chi connectivity index (χ4v) is 5.90. The second-order valence-corrected chi connectivity index (χ2v) is 11.9. The lowest BCUT2D eigenvalue weighted by Crippen LogP contribution is -2.53. The minimum absolute atomic E-state index is 0.117. The van der Waals surface area contributed by atoms with Gasteiger partial charge in [0.15, 0.2) is 0 Å². The Morgan fingerprint density at radius 2 is 1.61 bits per heavy atom. The summed E-state index contributed by atoms with van der Waals surface area (Å²) in [6, 6.07) is 12.7. The maximum Gasteiger partial charge on any atom is 0.244 e. The van der Waals surface area contributed by atoms with Crippen molar-refractivity contribution >= 4 is 27.5 Å². The van der Waals surface area contributed by atoms with Crippen LogP contribution in [0.2, 0.25) is 0 Å². The lowest BCUT2D eigenvalue weighted by atomic mass is 9.95. The number of benzene rings is 2. The molecule has 1 aliphatic carbocycles. The van der Waals surface area contributed by atoms with Crippen molar-refractivity contribution in [2.75, 3.05) is 17.1 Å². The molecule has 0 unspecified atom stereocenters. The monoisotopic (exact) mass is 513 g/mol. The molecule has 0 aliphatic heterocycles. The van der Waals surface area contributed by atoms with Crippen molar-refractivity contribution < 1.29 is 18.0 Å². The molecule has 1 aliphatic rings. The van der Waals surface area contributed by atoms with Gasteiger partial charge in [0.1, 0.15) is 12.6 Å². The predicted molar refractivity (Wildman–Crippen MR) is 144 cm³/mol. The lowest BCUT2D eigenvalue weighted by molar-refractivity contribution is -0.139. The first-order valence-corrected chi connectivity index (χ1v) is 14.5. The highest BCUT2D eigenvalue weighted by Crippen LogP contribution is 2.27. The van der Waals surface area contributed by atoms with Crippen LogP contribution >= 0.6 is 0 Å². The number of carbonyl (C=O) groups is 2. The van der Waals surface area contributed by atoms with Crippen molar-refractivity contribution in [3.8, 4) is 0 Å². The number of hydrogen-bond donors (Lipinski definition) is 1. The fourth-order valence-electron chi connectivity index (χ4n) is 4.93. The van der Waals surface area contributed by atoms with Gasteiger partial charge in [0.05, 0.1) is 11.9 Å². The third-order valence-corrected chi connectivity index (χ3v) is 8.03. The van der Waals surface area contributed by atoms with Crippen LogP contribution in [0.1, 0.15) is 61.3 Å². The van der Waals surface area contributed by atoms with E-state index < -0.39 is 22.0 Å². The Hall–Kier alpha value is -2.87. The van der Waals surface area contributed by atoms with E-state index >= 15 is 0 Å². The number of sulfonamides is 1. The Labute approximate surface area is 215 Å². The molecule has 1 saturated carbocycles. The highest BCUT2D eigenvalue weighted by atomic mass is 32.2. The van der Waals surface area contributed by atoms with E-state index in [0.29, 0.717) is 5.69 Å². The largest absolute Gasteiger partial charge is 0.352 e. The predicted octanol–water partition coefficient (Wildman–Crippen LogP) is 4.24. The molecule has 0 bridgehead atoms. The standard InChI is InChI=1S/C28H39N3O4S/c1-20-11-9-14-24(17-20)18-30(23(4)28(33)29-25-15-7-6-8-16-25)26(32)19-31(36(5,34)35)27-21(2)12-10-13-22(27)3/h9-14,17,23,25H,6-8,15-16,18-19H2,1-5H3,(H,29,33)/t23-/m1/s1. The minimum Gasteiger partial charge on any atom is -0.352 e. The van der Waals surface area contributed by atoms with Gasteiger partial charge < -0.3 is 10.2 Å². The average Bonchev–Trinajstić information content (AvgIpc) is 2.81. The average molecular weight is 514 g/mol. The Morgan fingerprint density at radius 1 is 1.00 bits per heavy atom. The number of nitrogens with one attached hydrogen (secondary N) is 1. The molecule has 0 radical (unpaired) electrons. The zero-order chi connectivity index (χ0) is 26.5. The Balaban J connectivity index is 1.91. The van der Waals surface area contributed by atoms with Crippen molar-refractivity contribution in [3.05, 3.63) is 64.7 Å². The molecule has 0 aromatic heterocycles. The van der Waals surface area contributed by atoms with Crippen LogP contribution in [0.25, 0.3) is 0 Å². The van der Waals surface area contributed by atoms with E-state index in [2.05, 4.69) is 5.32 Å². The maximum absolute atomic E-state index is 13.8. The third kappa shape index (κ3) is 7.09. The van der Waals surface area contributed by atoms with E-state index in [4.69, 9.17) is 0 Å².